The van der Waals surface area contributed by atoms with Gasteiger partial charge in [0.05, 0.1) is 10.2 Å². The van der Waals surface area contributed by atoms with Crippen LogP contribution in [-0.2, 0) is 13.0 Å². The first-order chi connectivity index (χ1) is 13.1. The van der Waals surface area contributed by atoms with Crippen molar-refractivity contribution >= 4 is 33.1 Å². The number of nitrogens with zero attached hydrogens (tertiary/aromatic N) is 1. The van der Waals surface area contributed by atoms with Gasteiger partial charge in [0, 0.05) is 12.2 Å². The largest absolute Gasteiger partial charge is 0.331 e. The molecule has 2 heterocycles. The van der Waals surface area contributed by atoms with E-state index in [0.29, 0.717) is 12.2 Å². The molecule has 2 aromatic carbocycles. The summed E-state index contributed by atoms with van der Waals surface area (Å²) in [7, 11) is 0. The maximum Gasteiger partial charge on any atom is 0.272 e. The maximum absolute atomic E-state index is 13.2. The summed E-state index contributed by atoms with van der Waals surface area (Å²) in [6.07, 6.45) is 0.917. The van der Waals surface area contributed by atoms with E-state index in [2.05, 4.69) is 12.2 Å². The molecule has 0 atom stereocenters. The van der Waals surface area contributed by atoms with Gasteiger partial charge in [0.2, 0.25) is 0 Å². The molecule has 0 unspecified atom stereocenters. The minimum Gasteiger partial charge on any atom is -0.331 e. The SMILES string of the molecule is CCc1cccc(NC(=O)c2cc3sccc3n2Cc2ccc(F)cc2)c1. The first-order valence-electron chi connectivity index (χ1n) is 8.85. The van der Waals surface area contributed by atoms with E-state index in [-0.39, 0.29) is 11.7 Å². The third-order valence-electron chi connectivity index (χ3n) is 4.60. The third-order valence-corrected chi connectivity index (χ3v) is 5.46. The minimum atomic E-state index is -0.263. The Bertz CT molecular complexity index is 1100. The van der Waals surface area contributed by atoms with Crippen LogP contribution in [-0.4, -0.2) is 10.5 Å². The summed E-state index contributed by atoms with van der Waals surface area (Å²) in [4.78, 5) is 13.0. The highest BCUT2D eigenvalue weighted by Gasteiger charge is 2.17. The molecule has 0 radical (unpaired) electrons. The van der Waals surface area contributed by atoms with E-state index in [1.165, 1.54) is 17.7 Å². The van der Waals surface area contributed by atoms with Gasteiger partial charge in [-0.25, -0.2) is 4.39 Å². The smallest absolute Gasteiger partial charge is 0.272 e. The van der Waals surface area contributed by atoms with Gasteiger partial charge in [0.25, 0.3) is 5.91 Å². The van der Waals surface area contributed by atoms with Gasteiger partial charge >= 0.3 is 0 Å². The van der Waals surface area contributed by atoms with Crippen molar-refractivity contribution in [1.82, 2.24) is 4.57 Å². The summed E-state index contributed by atoms with van der Waals surface area (Å²) in [6.45, 7) is 2.60. The Kier molecular flexibility index (Phi) is 4.77. The number of hydrogen-bond donors (Lipinski definition) is 1. The molecular weight excluding hydrogens is 359 g/mol. The lowest BCUT2D eigenvalue weighted by Gasteiger charge is -2.12. The average Bonchev–Trinajstić information content (AvgIpc) is 3.26. The quantitative estimate of drug-likeness (QED) is 0.474. The van der Waals surface area contributed by atoms with Crippen molar-refractivity contribution in [3.8, 4) is 0 Å². The van der Waals surface area contributed by atoms with Crippen molar-refractivity contribution in [2.24, 2.45) is 0 Å². The molecule has 0 aliphatic rings. The van der Waals surface area contributed by atoms with Crippen LogP contribution < -0.4 is 5.32 Å². The number of aryl methyl sites for hydroxylation is 1. The van der Waals surface area contributed by atoms with Gasteiger partial charge in [-0.2, -0.15) is 0 Å². The van der Waals surface area contributed by atoms with Crippen LogP contribution in [0.2, 0.25) is 0 Å². The fraction of sp³-hybridized carbons (Fsp3) is 0.136. The number of amides is 1. The number of fused-ring (bicyclic) bond motifs is 1. The molecule has 0 fully saturated rings. The average molecular weight is 378 g/mol. The van der Waals surface area contributed by atoms with Crippen molar-refractivity contribution in [2.45, 2.75) is 19.9 Å². The zero-order valence-corrected chi connectivity index (χ0v) is 15.7. The molecule has 0 aliphatic heterocycles. The first-order valence-corrected chi connectivity index (χ1v) is 9.73. The Hall–Kier alpha value is -2.92. The standard InChI is InChI=1S/C22H19FN2OS/c1-2-15-4-3-5-18(12-15)24-22(26)20-13-21-19(10-11-27-21)25(20)14-16-6-8-17(23)9-7-16/h3-13H,2,14H2,1H3,(H,24,26). The summed E-state index contributed by atoms with van der Waals surface area (Å²) in [5.74, 6) is -0.408. The van der Waals surface area contributed by atoms with Crippen LogP contribution in [0.5, 0.6) is 0 Å². The van der Waals surface area contributed by atoms with E-state index >= 15 is 0 Å². The molecule has 0 aliphatic carbocycles. The molecule has 0 bridgehead atoms. The van der Waals surface area contributed by atoms with Crippen LogP contribution in [0, 0.1) is 5.82 Å². The van der Waals surface area contributed by atoms with Crippen LogP contribution in [0.3, 0.4) is 0 Å². The number of carbonyl (C=O) groups is 1. The number of nitrogens with one attached hydrogen (secondary N) is 1. The third kappa shape index (κ3) is 3.64. The van der Waals surface area contributed by atoms with E-state index in [9.17, 15) is 9.18 Å². The van der Waals surface area contributed by atoms with Gasteiger partial charge in [-0.05, 0) is 59.3 Å². The Morgan fingerprint density at radius 2 is 1.89 bits per heavy atom. The van der Waals surface area contributed by atoms with Crippen molar-refractivity contribution < 1.29 is 9.18 Å². The summed E-state index contributed by atoms with van der Waals surface area (Å²) < 4.78 is 16.3. The lowest BCUT2D eigenvalue weighted by molar-refractivity contribution is 0.101. The molecule has 2 aromatic heterocycles. The molecule has 136 valence electrons. The molecule has 1 amide bonds. The number of hydrogen-bond acceptors (Lipinski definition) is 2. The van der Waals surface area contributed by atoms with Crippen molar-refractivity contribution in [3.63, 3.8) is 0 Å². The topological polar surface area (TPSA) is 34.0 Å². The molecule has 0 saturated carbocycles. The second-order valence-corrected chi connectivity index (χ2v) is 7.37. The number of benzene rings is 2. The van der Waals surface area contributed by atoms with Crippen molar-refractivity contribution in [3.05, 3.63) is 88.7 Å². The predicted octanol–water partition coefficient (Wildman–Crippen LogP) is 5.70. The number of aromatic nitrogens is 1. The van der Waals surface area contributed by atoms with Crippen LogP contribution in [0.15, 0.2) is 66.0 Å². The second kappa shape index (κ2) is 7.37. The molecule has 0 spiro atoms. The molecule has 3 nitrogen and oxygen atoms in total. The van der Waals surface area contributed by atoms with Crippen molar-refractivity contribution in [2.75, 3.05) is 5.32 Å². The molecule has 27 heavy (non-hydrogen) atoms. The predicted molar refractivity (Wildman–Crippen MR) is 109 cm³/mol. The number of anilines is 1. The van der Waals surface area contributed by atoms with Crippen LogP contribution in [0.4, 0.5) is 10.1 Å². The normalized spacial score (nSPS) is 11.0. The number of carbonyl (C=O) groups excluding carboxylic acids is 1. The Labute approximate surface area is 161 Å². The van der Waals surface area contributed by atoms with Crippen LogP contribution >= 0.6 is 11.3 Å². The molecule has 5 heteroatoms. The highest BCUT2D eigenvalue weighted by molar-refractivity contribution is 7.17. The molecule has 4 rings (SSSR count). The van der Waals surface area contributed by atoms with Gasteiger partial charge in [-0.1, -0.05) is 31.2 Å². The van der Waals surface area contributed by atoms with Gasteiger partial charge in [-0.15, -0.1) is 11.3 Å². The van der Waals surface area contributed by atoms with Gasteiger partial charge in [-0.3, -0.25) is 4.79 Å². The van der Waals surface area contributed by atoms with Gasteiger partial charge in [0.1, 0.15) is 11.5 Å². The monoisotopic (exact) mass is 378 g/mol. The molecule has 4 aromatic rings. The maximum atomic E-state index is 13.2. The summed E-state index contributed by atoms with van der Waals surface area (Å²) in [5.41, 5.74) is 4.52. The number of rotatable bonds is 5. The summed E-state index contributed by atoms with van der Waals surface area (Å²) in [6, 6.07) is 18.2. The first kappa shape index (κ1) is 17.5. The Morgan fingerprint density at radius 1 is 1.07 bits per heavy atom. The Balaban J connectivity index is 1.67. The zero-order valence-electron chi connectivity index (χ0n) is 14.9. The highest BCUT2D eigenvalue weighted by atomic mass is 32.1. The molecular formula is C22H19FN2OS. The van der Waals surface area contributed by atoms with E-state index < -0.39 is 0 Å². The lowest BCUT2D eigenvalue weighted by Crippen LogP contribution is -2.17. The lowest BCUT2D eigenvalue weighted by atomic mass is 10.1. The van der Waals surface area contributed by atoms with Crippen LogP contribution in [0.25, 0.3) is 10.2 Å². The van der Waals surface area contributed by atoms with Gasteiger partial charge in [0.15, 0.2) is 0 Å². The minimum absolute atomic E-state index is 0.145. The van der Waals surface area contributed by atoms with Crippen LogP contribution in [0.1, 0.15) is 28.5 Å². The Morgan fingerprint density at radius 3 is 2.67 bits per heavy atom. The zero-order chi connectivity index (χ0) is 18.8. The summed E-state index contributed by atoms with van der Waals surface area (Å²) >= 11 is 1.60. The van der Waals surface area contributed by atoms with E-state index in [1.54, 1.807) is 23.5 Å². The molecule has 0 saturated heterocycles. The molecule has 1 N–H and O–H groups in total. The highest BCUT2D eigenvalue weighted by Crippen LogP contribution is 2.27. The second-order valence-electron chi connectivity index (χ2n) is 6.42. The van der Waals surface area contributed by atoms with E-state index in [4.69, 9.17) is 0 Å². The number of thiophene rings is 1. The summed E-state index contributed by atoms with van der Waals surface area (Å²) in [5, 5.41) is 5.02. The van der Waals surface area contributed by atoms with Crippen molar-refractivity contribution in [1.29, 1.82) is 0 Å². The fourth-order valence-electron chi connectivity index (χ4n) is 3.17. The van der Waals surface area contributed by atoms with E-state index in [0.717, 1.165) is 27.9 Å². The van der Waals surface area contributed by atoms with E-state index in [1.807, 2.05) is 46.3 Å². The van der Waals surface area contributed by atoms with Gasteiger partial charge < -0.3 is 9.88 Å². The number of halogens is 1. The fourth-order valence-corrected chi connectivity index (χ4v) is 3.99.